The molecule has 0 saturated carbocycles. The molecule has 0 bridgehead atoms. The maximum absolute atomic E-state index is 12.7. The molecule has 150 valence electrons. The van der Waals surface area contributed by atoms with Gasteiger partial charge in [-0.25, -0.2) is 18.4 Å². The van der Waals surface area contributed by atoms with E-state index in [-0.39, 0.29) is 22.6 Å². The smallest absolute Gasteiger partial charge is 0.257 e. The number of hydrogen-bond donors (Lipinski definition) is 3. The number of amides is 2. The van der Waals surface area contributed by atoms with Crippen molar-refractivity contribution >= 4 is 38.9 Å². The molecule has 0 radical (unpaired) electrons. The molecule has 0 unspecified atom stereocenters. The van der Waals surface area contributed by atoms with Gasteiger partial charge < -0.3 is 10.6 Å². The summed E-state index contributed by atoms with van der Waals surface area (Å²) in [4.78, 5) is 32.5. The Labute approximate surface area is 164 Å². The van der Waals surface area contributed by atoms with Gasteiger partial charge in [0.05, 0.1) is 35.6 Å². The summed E-state index contributed by atoms with van der Waals surface area (Å²) in [6.45, 7) is 7.24. The van der Waals surface area contributed by atoms with Gasteiger partial charge in [0.2, 0.25) is 15.9 Å². The van der Waals surface area contributed by atoms with E-state index in [0.29, 0.717) is 17.2 Å². The van der Waals surface area contributed by atoms with Gasteiger partial charge in [-0.3, -0.25) is 14.3 Å². The van der Waals surface area contributed by atoms with Gasteiger partial charge in [0.15, 0.2) is 0 Å². The van der Waals surface area contributed by atoms with Crippen molar-refractivity contribution in [3.05, 3.63) is 42.0 Å². The van der Waals surface area contributed by atoms with Crippen LogP contribution in [0.5, 0.6) is 0 Å². The Kier molecular flexibility index (Phi) is 6.03. The minimum Gasteiger partial charge on any atom is -0.326 e. The fourth-order valence-electron chi connectivity index (χ4n) is 2.28. The molecule has 28 heavy (non-hydrogen) atoms. The molecule has 2 aromatic rings. The van der Waals surface area contributed by atoms with Crippen molar-refractivity contribution in [1.82, 2.24) is 9.97 Å². The lowest BCUT2D eigenvalue weighted by molar-refractivity contribution is -0.114. The first-order valence-corrected chi connectivity index (χ1v) is 10.3. The highest BCUT2D eigenvalue weighted by Crippen LogP contribution is 2.23. The summed E-state index contributed by atoms with van der Waals surface area (Å²) < 4.78 is 25.5. The van der Waals surface area contributed by atoms with E-state index in [1.54, 1.807) is 0 Å². The second-order valence-corrected chi connectivity index (χ2v) is 9.06. The minimum atomic E-state index is -3.61. The summed E-state index contributed by atoms with van der Waals surface area (Å²) in [5.41, 5.74) is 0.601. The normalized spacial score (nSPS) is 11.6. The summed E-state index contributed by atoms with van der Waals surface area (Å²) >= 11 is 0. The summed E-state index contributed by atoms with van der Waals surface area (Å²) in [5, 5.41) is 5.19. The Bertz CT molecular complexity index is 996. The molecule has 0 atom stereocenters. The number of anilines is 3. The monoisotopic (exact) mass is 405 g/mol. The highest BCUT2D eigenvalue weighted by atomic mass is 32.2. The SMILES string of the molecule is CC(=O)Nc1ccc(NS(C)(=O)=O)c(C(=O)Nc2cnc(C(C)(C)C)nc2)c1. The predicted molar refractivity (Wildman–Crippen MR) is 108 cm³/mol. The quantitative estimate of drug-likeness (QED) is 0.700. The average molecular weight is 405 g/mol. The van der Waals surface area contributed by atoms with Crippen LogP contribution in [0.2, 0.25) is 0 Å². The van der Waals surface area contributed by atoms with Gasteiger partial charge in [-0.1, -0.05) is 20.8 Å². The van der Waals surface area contributed by atoms with Crippen LogP contribution in [0.3, 0.4) is 0 Å². The van der Waals surface area contributed by atoms with Crippen LogP contribution in [0.15, 0.2) is 30.6 Å². The Hall–Kier alpha value is -3.01. The van der Waals surface area contributed by atoms with Crippen LogP contribution in [-0.4, -0.2) is 36.5 Å². The number of sulfonamides is 1. The van der Waals surface area contributed by atoms with Gasteiger partial charge in [0, 0.05) is 18.0 Å². The number of nitrogens with one attached hydrogen (secondary N) is 3. The Morgan fingerprint density at radius 1 is 1.00 bits per heavy atom. The van der Waals surface area contributed by atoms with Crippen molar-refractivity contribution in [3.8, 4) is 0 Å². The van der Waals surface area contributed by atoms with Crippen LogP contribution in [0.25, 0.3) is 0 Å². The van der Waals surface area contributed by atoms with Crippen molar-refractivity contribution in [2.45, 2.75) is 33.1 Å². The van der Waals surface area contributed by atoms with Gasteiger partial charge in [-0.05, 0) is 18.2 Å². The number of hydrogen-bond acceptors (Lipinski definition) is 6. The molecule has 0 aliphatic heterocycles. The molecule has 9 nitrogen and oxygen atoms in total. The fourth-order valence-corrected chi connectivity index (χ4v) is 2.86. The van der Waals surface area contributed by atoms with Gasteiger partial charge >= 0.3 is 0 Å². The second kappa shape index (κ2) is 7.93. The molecular formula is C18H23N5O4S. The molecule has 10 heteroatoms. The van der Waals surface area contributed by atoms with Gasteiger partial charge in [-0.15, -0.1) is 0 Å². The Morgan fingerprint density at radius 3 is 2.11 bits per heavy atom. The molecule has 0 saturated heterocycles. The summed E-state index contributed by atoms with van der Waals surface area (Å²) in [5.74, 6) is -0.274. The van der Waals surface area contributed by atoms with Crippen LogP contribution < -0.4 is 15.4 Å². The van der Waals surface area contributed by atoms with Gasteiger partial charge in [0.25, 0.3) is 5.91 Å². The van der Waals surface area contributed by atoms with Gasteiger partial charge in [0.1, 0.15) is 5.82 Å². The Balaban J connectivity index is 2.34. The molecule has 1 heterocycles. The summed E-state index contributed by atoms with van der Waals surface area (Å²) in [6.07, 6.45) is 3.94. The van der Waals surface area contributed by atoms with E-state index in [0.717, 1.165) is 6.26 Å². The lowest BCUT2D eigenvalue weighted by Crippen LogP contribution is -2.19. The third kappa shape index (κ3) is 6.02. The van der Waals surface area contributed by atoms with Crippen molar-refractivity contribution in [3.63, 3.8) is 0 Å². The number of carbonyl (C=O) groups excluding carboxylic acids is 2. The van der Waals surface area contributed by atoms with Gasteiger partial charge in [-0.2, -0.15) is 0 Å². The molecule has 2 rings (SSSR count). The third-order valence-corrected chi connectivity index (χ3v) is 4.05. The van der Waals surface area contributed by atoms with Crippen LogP contribution >= 0.6 is 0 Å². The average Bonchev–Trinajstić information content (AvgIpc) is 2.54. The molecule has 0 fully saturated rings. The zero-order valence-corrected chi connectivity index (χ0v) is 17.1. The van der Waals surface area contributed by atoms with Crippen LogP contribution in [-0.2, 0) is 20.2 Å². The summed E-state index contributed by atoms with van der Waals surface area (Å²) in [7, 11) is -3.61. The van der Waals surface area contributed by atoms with Crippen LogP contribution in [0, 0.1) is 0 Å². The van der Waals surface area contributed by atoms with E-state index in [1.807, 2.05) is 20.8 Å². The standard InChI is InChI=1S/C18H23N5O4S/c1-11(24)21-12-6-7-15(23-28(5,26)27)14(8-12)16(25)22-13-9-19-17(20-10-13)18(2,3)4/h6-10,23H,1-5H3,(H,21,24)(H,22,25). The molecule has 2 amide bonds. The Morgan fingerprint density at radius 2 is 1.61 bits per heavy atom. The number of nitrogens with zero attached hydrogens (tertiary/aromatic N) is 2. The maximum atomic E-state index is 12.7. The van der Waals surface area contributed by atoms with E-state index in [1.165, 1.54) is 37.5 Å². The van der Waals surface area contributed by atoms with Crippen LogP contribution in [0.1, 0.15) is 43.9 Å². The first kappa shape index (κ1) is 21.3. The molecule has 0 aliphatic rings. The van der Waals surface area contributed by atoms with Crippen molar-refractivity contribution < 1.29 is 18.0 Å². The highest BCUT2D eigenvalue weighted by molar-refractivity contribution is 7.92. The van der Waals surface area contributed by atoms with Crippen molar-refractivity contribution in [1.29, 1.82) is 0 Å². The first-order valence-electron chi connectivity index (χ1n) is 8.38. The van der Waals surface area contributed by atoms with E-state index >= 15 is 0 Å². The first-order chi connectivity index (χ1) is 12.8. The number of aromatic nitrogens is 2. The molecule has 0 spiro atoms. The van der Waals surface area contributed by atoms with E-state index in [4.69, 9.17) is 0 Å². The lowest BCUT2D eigenvalue weighted by Gasteiger charge is -2.16. The third-order valence-electron chi connectivity index (χ3n) is 3.46. The molecule has 1 aromatic carbocycles. The topological polar surface area (TPSA) is 130 Å². The minimum absolute atomic E-state index is 0.0385. The zero-order valence-electron chi connectivity index (χ0n) is 16.3. The highest BCUT2D eigenvalue weighted by Gasteiger charge is 2.19. The number of carbonyl (C=O) groups is 2. The maximum Gasteiger partial charge on any atom is 0.257 e. The number of rotatable bonds is 5. The molecule has 1 aromatic heterocycles. The fraction of sp³-hybridized carbons (Fsp3) is 0.333. The molecular weight excluding hydrogens is 382 g/mol. The summed E-state index contributed by atoms with van der Waals surface area (Å²) in [6, 6.07) is 4.28. The predicted octanol–water partition coefficient (Wildman–Crippen LogP) is 2.36. The molecule has 3 N–H and O–H groups in total. The lowest BCUT2D eigenvalue weighted by atomic mass is 9.96. The van der Waals surface area contributed by atoms with Crippen molar-refractivity contribution in [2.24, 2.45) is 0 Å². The second-order valence-electron chi connectivity index (χ2n) is 7.32. The largest absolute Gasteiger partial charge is 0.326 e. The van der Waals surface area contributed by atoms with Crippen LogP contribution in [0.4, 0.5) is 17.1 Å². The van der Waals surface area contributed by atoms with E-state index < -0.39 is 15.9 Å². The van der Waals surface area contributed by atoms with E-state index in [9.17, 15) is 18.0 Å². The zero-order chi connectivity index (χ0) is 21.1. The number of benzene rings is 1. The molecule has 0 aliphatic carbocycles. The van der Waals surface area contributed by atoms with Crippen molar-refractivity contribution in [2.75, 3.05) is 21.6 Å². The van der Waals surface area contributed by atoms with E-state index in [2.05, 4.69) is 25.3 Å².